The van der Waals surface area contributed by atoms with Gasteiger partial charge in [-0.25, -0.2) is 4.39 Å². The molecule has 0 aliphatic carbocycles. The van der Waals surface area contributed by atoms with Crippen LogP contribution in [0.3, 0.4) is 0 Å². The zero-order chi connectivity index (χ0) is 16.0. The fraction of sp³-hybridized carbons (Fsp3) is 0.562. The lowest BCUT2D eigenvalue weighted by molar-refractivity contribution is -0.127. The van der Waals surface area contributed by atoms with Crippen LogP contribution in [0.4, 0.5) is 10.1 Å². The van der Waals surface area contributed by atoms with Gasteiger partial charge in [-0.15, -0.1) is 0 Å². The standard InChI is InChI=1S/C16H26FN3O/c1-12(2)9-18-10-13-14(17)7-6-8-15(13)20(5)11-16(21)19(3)4/h6-8,12,18H,9-11H2,1-5H3. The highest BCUT2D eigenvalue weighted by Gasteiger charge is 2.15. The monoisotopic (exact) mass is 295 g/mol. The van der Waals surface area contributed by atoms with Crippen molar-refractivity contribution in [1.82, 2.24) is 10.2 Å². The van der Waals surface area contributed by atoms with Crippen molar-refractivity contribution in [3.8, 4) is 0 Å². The minimum absolute atomic E-state index is 0.0112. The number of carbonyl (C=O) groups excluding carboxylic acids is 1. The number of amides is 1. The summed E-state index contributed by atoms with van der Waals surface area (Å²) in [5, 5.41) is 3.25. The third-order valence-corrected chi connectivity index (χ3v) is 3.23. The summed E-state index contributed by atoms with van der Waals surface area (Å²) in [5.41, 5.74) is 1.36. The molecule has 1 N–H and O–H groups in total. The van der Waals surface area contributed by atoms with Gasteiger partial charge in [0.05, 0.1) is 6.54 Å². The summed E-state index contributed by atoms with van der Waals surface area (Å²) in [6.07, 6.45) is 0. The summed E-state index contributed by atoms with van der Waals surface area (Å²) < 4.78 is 14.1. The summed E-state index contributed by atoms with van der Waals surface area (Å²) in [5.74, 6) is 0.254. The first-order chi connectivity index (χ1) is 9.82. The third-order valence-electron chi connectivity index (χ3n) is 3.23. The fourth-order valence-electron chi connectivity index (χ4n) is 2.00. The van der Waals surface area contributed by atoms with Crippen molar-refractivity contribution in [2.45, 2.75) is 20.4 Å². The van der Waals surface area contributed by atoms with E-state index in [1.807, 2.05) is 13.1 Å². The van der Waals surface area contributed by atoms with Crippen molar-refractivity contribution in [3.63, 3.8) is 0 Å². The molecule has 0 aliphatic heterocycles. The molecule has 1 amide bonds. The van der Waals surface area contributed by atoms with Gasteiger partial charge in [-0.05, 0) is 24.6 Å². The maximum absolute atomic E-state index is 14.1. The van der Waals surface area contributed by atoms with Gasteiger partial charge in [0.25, 0.3) is 0 Å². The van der Waals surface area contributed by atoms with Crippen LogP contribution in [0.2, 0.25) is 0 Å². The molecule has 1 rings (SSSR count). The van der Waals surface area contributed by atoms with E-state index in [0.29, 0.717) is 18.0 Å². The number of likely N-dealkylation sites (N-methyl/N-ethyl adjacent to an activating group) is 2. The third kappa shape index (κ3) is 5.34. The number of hydrogen-bond acceptors (Lipinski definition) is 3. The van der Waals surface area contributed by atoms with Crippen LogP contribution >= 0.6 is 0 Å². The molecule has 1 aromatic carbocycles. The van der Waals surface area contributed by atoms with Crippen molar-refractivity contribution >= 4 is 11.6 Å². The Hall–Kier alpha value is -1.62. The Morgan fingerprint density at radius 2 is 1.95 bits per heavy atom. The summed E-state index contributed by atoms with van der Waals surface area (Å²) in [4.78, 5) is 15.1. The van der Waals surface area contributed by atoms with E-state index < -0.39 is 0 Å². The van der Waals surface area contributed by atoms with Crippen LogP contribution < -0.4 is 10.2 Å². The van der Waals surface area contributed by atoms with E-state index in [2.05, 4.69) is 19.2 Å². The van der Waals surface area contributed by atoms with Crippen LogP contribution in [0.1, 0.15) is 19.4 Å². The molecular weight excluding hydrogens is 269 g/mol. The number of rotatable bonds is 7. The normalized spacial score (nSPS) is 10.8. The molecule has 5 heteroatoms. The van der Waals surface area contributed by atoms with Crippen LogP contribution in [0.15, 0.2) is 18.2 Å². The topological polar surface area (TPSA) is 35.6 Å². The van der Waals surface area contributed by atoms with Crippen molar-refractivity contribution in [2.75, 3.05) is 39.1 Å². The molecule has 0 saturated heterocycles. The van der Waals surface area contributed by atoms with Crippen LogP contribution in [0.25, 0.3) is 0 Å². The second-order valence-electron chi connectivity index (χ2n) is 5.91. The minimum atomic E-state index is -0.243. The van der Waals surface area contributed by atoms with E-state index >= 15 is 0 Å². The predicted octanol–water partition coefficient (Wildman–Crippen LogP) is 2.10. The van der Waals surface area contributed by atoms with Gasteiger partial charge in [-0.3, -0.25) is 4.79 Å². The smallest absolute Gasteiger partial charge is 0.241 e. The molecule has 0 atom stereocenters. The average Bonchev–Trinajstić information content (AvgIpc) is 2.39. The van der Waals surface area contributed by atoms with Gasteiger partial charge in [0, 0.05) is 38.9 Å². The molecule has 4 nitrogen and oxygen atoms in total. The Morgan fingerprint density at radius 3 is 2.52 bits per heavy atom. The van der Waals surface area contributed by atoms with Gasteiger partial charge in [0.15, 0.2) is 0 Å². The Balaban J connectivity index is 2.85. The quantitative estimate of drug-likeness (QED) is 0.837. The number of nitrogens with one attached hydrogen (secondary N) is 1. The summed E-state index contributed by atoms with van der Waals surface area (Å²) in [7, 11) is 5.24. The van der Waals surface area contributed by atoms with Crippen LogP contribution in [-0.2, 0) is 11.3 Å². The van der Waals surface area contributed by atoms with Gasteiger partial charge in [0.1, 0.15) is 5.82 Å². The zero-order valence-electron chi connectivity index (χ0n) is 13.6. The molecule has 0 saturated carbocycles. The highest BCUT2D eigenvalue weighted by molar-refractivity contribution is 5.81. The number of anilines is 1. The van der Waals surface area contributed by atoms with Crippen molar-refractivity contribution in [2.24, 2.45) is 5.92 Å². The average molecular weight is 295 g/mol. The highest BCUT2D eigenvalue weighted by Crippen LogP contribution is 2.22. The largest absolute Gasteiger partial charge is 0.365 e. The molecule has 0 spiro atoms. The molecule has 0 radical (unpaired) electrons. The second-order valence-corrected chi connectivity index (χ2v) is 5.91. The molecule has 0 aliphatic rings. The van der Waals surface area contributed by atoms with Crippen molar-refractivity contribution in [1.29, 1.82) is 0 Å². The zero-order valence-corrected chi connectivity index (χ0v) is 13.6. The lowest BCUT2D eigenvalue weighted by Crippen LogP contribution is -2.35. The Labute approximate surface area is 126 Å². The first-order valence-electron chi connectivity index (χ1n) is 7.22. The van der Waals surface area contributed by atoms with Crippen molar-refractivity contribution < 1.29 is 9.18 Å². The molecule has 118 valence electrons. The van der Waals surface area contributed by atoms with Gasteiger partial charge < -0.3 is 15.1 Å². The van der Waals surface area contributed by atoms with Gasteiger partial charge in [-0.1, -0.05) is 19.9 Å². The van der Waals surface area contributed by atoms with Gasteiger partial charge in [-0.2, -0.15) is 0 Å². The Kier molecular flexibility index (Phi) is 6.62. The number of nitrogens with zero attached hydrogens (tertiary/aromatic N) is 2. The maximum Gasteiger partial charge on any atom is 0.241 e. The molecule has 0 aromatic heterocycles. The lowest BCUT2D eigenvalue weighted by Gasteiger charge is -2.24. The van der Waals surface area contributed by atoms with E-state index in [1.165, 1.54) is 11.0 Å². The number of halogens is 1. The molecule has 1 aromatic rings. The number of hydrogen-bond donors (Lipinski definition) is 1. The van der Waals surface area contributed by atoms with E-state index in [1.54, 1.807) is 25.1 Å². The first kappa shape index (κ1) is 17.4. The highest BCUT2D eigenvalue weighted by atomic mass is 19.1. The van der Waals surface area contributed by atoms with Crippen LogP contribution in [0.5, 0.6) is 0 Å². The van der Waals surface area contributed by atoms with E-state index in [0.717, 1.165) is 12.2 Å². The fourth-order valence-corrected chi connectivity index (χ4v) is 2.00. The molecule has 0 bridgehead atoms. The molecule has 0 heterocycles. The van der Waals surface area contributed by atoms with E-state index in [-0.39, 0.29) is 18.3 Å². The lowest BCUT2D eigenvalue weighted by atomic mass is 10.1. The summed E-state index contributed by atoms with van der Waals surface area (Å²) in [6.45, 7) is 5.73. The SMILES string of the molecule is CC(C)CNCc1c(F)cccc1N(C)CC(=O)N(C)C. The van der Waals surface area contributed by atoms with Gasteiger partial charge >= 0.3 is 0 Å². The van der Waals surface area contributed by atoms with E-state index in [9.17, 15) is 9.18 Å². The summed E-state index contributed by atoms with van der Waals surface area (Å²) >= 11 is 0. The minimum Gasteiger partial charge on any atom is -0.365 e. The molecule has 0 fully saturated rings. The number of carbonyl (C=O) groups is 1. The molecule has 21 heavy (non-hydrogen) atoms. The second kappa shape index (κ2) is 7.98. The van der Waals surface area contributed by atoms with Crippen LogP contribution in [0, 0.1) is 11.7 Å². The molecular formula is C16H26FN3O. The Morgan fingerprint density at radius 1 is 1.29 bits per heavy atom. The van der Waals surface area contributed by atoms with Crippen molar-refractivity contribution in [3.05, 3.63) is 29.6 Å². The Bertz CT molecular complexity index is 475. The van der Waals surface area contributed by atoms with Crippen LogP contribution in [-0.4, -0.2) is 45.0 Å². The molecule has 0 unspecified atom stereocenters. The number of benzene rings is 1. The van der Waals surface area contributed by atoms with Gasteiger partial charge in [0.2, 0.25) is 5.91 Å². The summed E-state index contributed by atoms with van der Waals surface area (Å²) in [6, 6.07) is 4.98. The van der Waals surface area contributed by atoms with E-state index in [4.69, 9.17) is 0 Å². The predicted molar refractivity (Wildman–Crippen MR) is 84.9 cm³/mol. The maximum atomic E-state index is 14.1. The first-order valence-corrected chi connectivity index (χ1v) is 7.22.